The first-order valence-electron chi connectivity index (χ1n) is 6.08. The lowest BCUT2D eigenvalue weighted by atomic mass is 10.1. The first-order valence-corrected chi connectivity index (χ1v) is 6.59. The van der Waals surface area contributed by atoms with Crippen LogP contribution in [0.3, 0.4) is 0 Å². The van der Waals surface area contributed by atoms with Gasteiger partial charge in [0.05, 0.1) is 17.7 Å². The van der Waals surface area contributed by atoms with Crippen LogP contribution in [0.5, 0.6) is 0 Å². The van der Waals surface area contributed by atoms with E-state index in [1.807, 2.05) is 6.92 Å². The fourth-order valence-corrected chi connectivity index (χ4v) is 2.78. The summed E-state index contributed by atoms with van der Waals surface area (Å²) in [5, 5.41) is 10.0. The summed E-state index contributed by atoms with van der Waals surface area (Å²) in [6.45, 7) is 2.00. The number of ether oxygens (including phenoxy) is 1. The maximum Gasteiger partial charge on any atom is 0.167 e. The van der Waals surface area contributed by atoms with Crippen LogP contribution < -0.4 is 5.73 Å². The second-order valence-electron chi connectivity index (χ2n) is 4.54. The summed E-state index contributed by atoms with van der Waals surface area (Å²) in [7, 11) is 0. The summed E-state index contributed by atoms with van der Waals surface area (Å²) in [5.41, 5.74) is 6.80. The minimum atomic E-state index is -0.720. The zero-order chi connectivity index (χ0) is 13.6. The quantitative estimate of drug-likeness (QED) is 0.688. The van der Waals surface area contributed by atoms with Crippen molar-refractivity contribution in [2.24, 2.45) is 0 Å². The molecule has 19 heavy (non-hydrogen) atoms. The first kappa shape index (κ1) is 12.6. The topological polar surface area (TPSA) is 99.1 Å². The molecule has 0 bridgehead atoms. The van der Waals surface area contributed by atoms with E-state index in [-0.39, 0.29) is 11.4 Å². The van der Waals surface area contributed by atoms with E-state index >= 15 is 0 Å². The lowest BCUT2D eigenvalue weighted by molar-refractivity contribution is -0.0355. The molecule has 2 aromatic heterocycles. The van der Waals surface area contributed by atoms with Crippen molar-refractivity contribution in [3.8, 4) is 0 Å². The van der Waals surface area contributed by atoms with Crippen LogP contribution in [0.25, 0.3) is 11.2 Å². The number of nitrogen functional groups attached to an aromatic ring is 1. The van der Waals surface area contributed by atoms with Gasteiger partial charge in [-0.25, -0.2) is 15.0 Å². The number of fused-ring (bicyclic) bond motifs is 1. The zero-order valence-corrected chi connectivity index (χ0v) is 11.2. The van der Waals surface area contributed by atoms with Gasteiger partial charge in [0.2, 0.25) is 0 Å². The summed E-state index contributed by atoms with van der Waals surface area (Å²) in [6, 6.07) is 0. The summed E-state index contributed by atoms with van der Waals surface area (Å²) in [6.07, 6.45) is 2.34. The number of anilines is 1. The number of aliphatic hydroxyl groups is 1. The van der Waals surface area contributed by atoms with Crippen molar-refractivity contribution < 1.29 is 9.84 Å². The van der Waals surface area contributed by atoms with Crippen LogP contribution in [0, 0.1) is 0 Å². The molecule has 0 aliphatic carbocycles. The van der Waals surface area contributed by atoms with Gasteiger partial charge in [-0.05, 0) is 6.42 Å². The van der Waals surface area contributed by atoms with Crippen molar-refractivity contribution in [1.82, 2.24) is 19.5 Å². The summed E-state index contributed by atoms with van der Waals surface area (Å²) in [4.78, 5) is 12.2. The molecule has 4 atom stereocenters. The van der Waals surface area contributed by atoms with E-state index in [1.165, 1.54) is 6.33 Å². The van der Waals surface area contributed by atoms with Gasteiger partial charge in [-0.3, -0.25) is 4.57 Å². The highest BCUT2D eigenvalue weighted by Gasteiger charge is 2.42. The van der Waals surface area contributed by atoms with Gasteiger partial charge in [0, 0.05) is 0 Å². The summed E-state index contributed by atoms with van der Waals surface area (Å²) >= 11 is 4.40. The summed E-state index contributed by atoms with van der Waals surface area (Å²) < 4.78 is 7.50. The van der Waals surface area contributed by atoms with Gasteiger partial charge in [-0.2, -0.15) is 12.6 Å². The Kier molecular flexibility index (Phi) is 3.08. The number of aromatic nitrogens is 4. The number of nitrogens with two attached hydrogens (primary N) is 1. The molecule has 1 aliphatic heterocycles. The number of hydrogen-bond donors (Lipinski definition) is 3. The van der Waals surface area contributed by atoms with E-state index in [0.29, 0.717) is 17.0 Å². The first-order chi connectivity index (χ1) is 9.13. The average Bonchev–Trinajstić information content (AvgIpc) is 2.94. The van der Waals surface area contributed by atoms with Crippen molar-refractivity contribution in [2.45, 2.75) is 37.0 Å². The van der Waals surface area contributed by atoms with Gasteiger partial charge in [0.1, 0.15) is 17.9 Å². The Labute approximate surface area is 115 Å². The average molecular weight is 281 g/mol. The summed E-state index contributed by atoms with van der Waals surface area (Å²) in [5.74, 6) is 0.311. The zero-order valence-electron chi connectivity index (χ0n) is 10.3. The Hall–Kier alpha value is -1.38. The molecule has 0 aromatic carbocycles. The van der Waals surface area contributed by atoms with Crippen LogP contribution in [0.4, 0.5) is 5.82 Å². The van der Waals surface area contributed by atoms with E-state index in [0.717, 1.165) is 6.42 Å². The standard InChI is InChI=1S/C11H15N5O2S/c1-2-5-8(19)7(17)11(18-5)16-4-15-6-9(12)13-3-14-10(6)16/h3-5,7-8,11,17,19H,2H2,1H3,(H2,12,13,14)/t5-,7-,8-,11-/m1/s1. The number of hydrogen-bond acceptors (Lipinski definition) is 7. The number of nitrogens with zero attached hydrogens (tertiary/aromatic N) is 4. The maximum atomic E-state index is 10.2. The molecule has 8 heteroatoms. The van der Waals surface area contributed by atoms with Crippen molar-refractivity contribution in [3.05, 3.63) is 12.7 Å². The molecule has 3 heterocycles. The Bertz CT molecular complexity index is 604. The Balaban J connectivity index is 2.04. The molecule has 7 nitrogen and oxygen atoms in total. The lowest BCUT2D eigenvalue weighted by Crippen LogP contribution is -2.26. The molecule has 0 amide bonds. The van der Waals surface area contributed by atoms with Crippen LogP contribution in [0.2, 0.25) is 0 Å². The SMILES string of the molecule is CC[C@H]1O[C@@H](n2cnc3c(N)ncnc32)[C@H](O)[C@@H]1S. The van der Waals surface area contributed by atoms with Crippen LogP contribution in [0.1, 0.15) is 19.6 Å². The lowest BCUT2D eigenvalue weighted by Gasteiger charge is -2.16. The van der Waals surface area contributed by atoms with Gasteiger partial charge < -0.3 is 15.6 Å². The predicted molar refractivity (Wildman–Crippen MR) is 72.7 cm³/mol. The minimum Gasteiger partial charge on any atom is -0.387 e. The van der Waals surface area contributed by atoms with Crippen molar-refractivity contribution >= 4 is 29.6 Å². The fourth-order valence-electron chi connectivity index (χ4n) is 2.35. The number of thiol groups is 1. The smallest absolute Gasteiger partial charge is 0.167 e. The highest BCUT2D eigenvalue weighted by molar-refractivity contribution is 7.81. The highest BCUT2D eigenvalue weighted by atomic mass is 32.1. The molecule has 3 rings (SSSR count). The van der Waals surface area contributed by atoms with Crippen LogP contribution >= 0.6 is 12.6 Å². The van der Waals surface area contributed by atoms with E-state index in [2.05, 4.69) is 27.6 Å². The second-order valence-corrected chi connectivity index (χ2v) is 5.13. The largest absolute Gasteiger partial charge is 0.387 e. The second kappa shape index (κ2) is 4.62. The molecule has 102 valence electrons. The van der Waals surface area contributed by atoms with Gasteiger partial charge in [-0.1, -0.05) is 6.92 Å². The van der Waals surface area contributed by atoms with Crippen molar-refractivity contribution in [3.63, 3.8) is 0 Å². The molecular weight excluding hydrogens is 266 g/mol. The van der Waals surface area contributed by atoms with Gasteiger partial charge in [-0.15, -0.1) is 0 Å². The normalized spacial score (nSPS) is 31.1. The Morgan fingerprint density at radius 3 is 2.95 bits per heavy atom. The maximum absolute atomic E-state index is 10.2. The third-order valence-electron chi connectivity index (χ3n) is 3.40. The fraction of sp³-hybridized carbons (Fsp3) is 0.545. The van der Waals surface area contributed by atoms with Gasteiger partial charge in [0.15, 0.2) is 17.7 Å². The van der Waals surface area contributed by atoms with Crippen molar-refractivity contribution in [2.75, 3.05) is 5.73 Å². The number of imidazole rings is 1. The van der Waals surface area contributed by atoms with E-state index in [4.69, 9.17) is 10.5 Å². The van der Waals surface area contributed by atoms with Crippen LogP contribution in [-0.4, -0.2) is 42.1 Å². The molecule has 0 spiro atoms. The Morgan fingerprint density at radius 1 is 1.47 bits per heavy atom. The number of aliphatic hydroxyl groups excluding tert-OH is 1. The monoisotopic (exact) mass is 281 g/mol. The van der Waals surface area contributed by atoms with Crippen molar-refractivity contribution in [1.29, 1.82) is 0 Å². The molecule has 1 fully saturated rings. The molecule has 0 unspecified atom stereocenters. The third kappa shape index (κ3) is 1.87. The van der Waals surface area contributed by atoms with Gasteiger partial charge in [0.25, 0.3) is 0 Å². The van der Waals surface area contributed by atoms with Gasteiger partial charge >= 0.3 is 0 Å². The molecular formula is C11H15N5O2S. The Morgan fingerprint density at radius 2 is 2.26 bits per heavy atom. The number of rotatable bonds is 2. The molecule has 1 aliphatic rings. The minimum absolute atomic E-state index is 0.0973. The molecule has 1 saturated heterocycles. The molecule has 0 radical (unpaired) electrons. The highest BCUT2D eigenvalue weighted by Crippen LogP contribution is 2.35. The third-order valence-corrected chi connectivity index (χ3v) is 4.04. The molecule has 0 saturated carbocycles. The van der Waals surface area contributed by atoms with E-state index in [9.17, 15) is 5.11 Å². The van der Waals surface area contributed by atoms with Crippen LogP contribution in [-0.2, 0) is 4.74 Å². The van der Waals surface area contributed by atoms with Crippen LogP contribution in [0.15, 0.2) is 12.7 Å². The molecule has 2 aromatic rings. The molecule has 3 N–H and O–H groups in total. The van der Waals surface area contributed by atoms with E-state index < -0.39 is 12.3 Å². The van der Waals surface area contributed by atoms with E-state index in [1.54, 1.807) is 10.9 Å². The predicted octanol–water partition coefficient (Wildman–Crippen LogP) is 0.375.